The summed E-state index contributed by atoms with van der Waals surface area (Å²) >= 11 is 0. The number of amides is 2. The van der Waals surface area contributed by atoms with E-state index < -0.39 is 17.8 Å². The topological polar surface area (TPSA) is 63.7 Å². The second-order valence-corrected chi connectivity index (χ2v) is 5.18. The molecule has 20 heavy (non-hydrogen) atoms. The number of imide groups is 1. The van der Waals surface area contributed by atoms with Crippen LogP contribution in [0.5, 0.6) is 0 Å². The lowest BCUT2D eigenvalue weighted by atomic mass is 10.0. The van der Waals surface area contributed by atoms with Crippen molar-refractivity contribution in [2.24, 2.45) is 5.92 Å². The van der Waals surface area contributed by atoms with Crippen molar-refractivity contribution < 1.29 is 19.1 Å². The van der Waals surface area contributed by atoms with Gasteiger partial charge in [0.05, 0.1) is 6.61 Å². The highest BCUT2D eigenvalue weighted by Crippen LogP contribution is 2.12. The highest BCUT2D eigenvalue weighted by atomic mass is 16.5. The SMILES string of the molecule is CCC(C)CCCCCOC(=O)CN1C(=O)C=CC1=O. The fourth-order valence-electron chi connectivity index (χ4n) is 1.92. The van der Waals surface area contributed by atoms with Gasteiger partial charge in [-0.2, -0.15) is 0 Å². The monoisotopic (exact) mass is 281 g/mol. The molecular formula is C15H23NO4. The van der Waals surface area contributed by atoms with Crippen LogP contribution in [0.25, 0.3) is 0 Å². The fraction of sp³-hybridized carbons (Fsp3) is 0.667. The Morgan fingerprint density at radius 2 is 1.85 bits per heavy atom. The summed E-state index contributed by atoms with van der Waals surface area (Å²) in [4.78, 5) is 34.8. The molecule has 0 spiro atoms. The fourth-order valence-corrected chi connectivity index (χ4v) is 1.92. The van der Waals surface area contributed by atoms with Crippen LogP contribution in [0.4, 0.5) is 0 Å². The molecule has 0 radical (unpaired) electrons. The maximum Gasteiger partial charge on any atom is 0.326 e. The molecule has 0 N–H and O–H groups in total. The van der Waals surface area contributed by atoms with E-state index in [2.05, 4.69) is 13.8 Å². The number of carbonyl (C=O) groups excluding carboxylic acids is 3. The Hall–Kier alpha value is -1.65. The largest absolute Gasteiger partial charge is 0.464 e. The first-order chi connectivity index (χ1) is 9.54. The Morgan fingerprint density at radius 3 is 2.45 bits per heavy atom. The molecule has 0 fully saturated rings. The van der Waals surface area contributed by atoms with Gasteiger partial charge in [-0.25, -0.2) is 0 Å². The van der Waals surface area contributed by atoms with Gasteiger partial charge in [0.1, 0.15) is 6.54 Å². The van der Waals surface area contributed by atoms with Gasteiger partial charge in [0.25, 0.3) is 11.8 Å². The van der Waals surface area contributed by atoms with Crippen LogP contribution in [-0.4, -0.2) is 35.8 Å². The molecule has 0 bridgehead atoms. The van der Waals surface area contributed by atoms with Crippen LogP contribution in [0.15, 0.2) is 12.2 Å². The molecule has 1 aliphatic rings. The zero-order valence-corrected chi connectivity index (χ0v) is 12.3. The molecule has 0 aliphatic carbocycles. The van der Waals surface area contributed by atoms with Crippen LogP contribution in [0.1, 0.15) is 46.0 Å². The number of hydrogen-bond acceptors (Lipinski definition) is 4. The normalized spacial score (nSPS) is 15.8. The van der Waals surface area contributed by atoms with Crippen molar-refractivity contribution in [3.63, 3.8) is 0 Å². The third kappa shape index (κ3) is 5.55. The third-order valence-corrected chi connectivity index (χ3v) is 3.49. The predicted octanol–water partition coefficient (Wildman–Crippen LogP) is 2.06. The lowest BCUT2D eigenvalue weighted by molar-refractivity contribution is -0.151. The molecule has 0 aromatic heterocycles. The number of ether oxygens (including phenoxy) is 1. The summed E-state index contributed by atoms with van der Waals surface area (Å²) in [5.41, 5.74) is 0. The summed E-state index contributed by atoms with van der Waals surface area (Å²) in [7, 11) is 0. The summed E-state index contributed by atoms with van der Waals surface area (Å²) in [6.45, 7) is 4.47. The van der Waals surface area contributed by atoms with E-state index in [0.717, 1.165) is 42.2 Å². The molecule has 1 atom stereocenters. The molecule has 1 rings (SSSR count). The summed E-state index contributed by atoms with van der Waals surface area (Å²) in [5, 5.41) is 0. The molecule has 2 amide bonds. The predicted molar refractivity (Wildman–Crippen MR) is 74.7 cm³/mol. The maximum absolute atomic E-state index is 11.5. The van der Waals surface area contributed by atoms with Crippen LogP contribution in [0.3, 0.4) is 0 Å². The first-order valence-corrected chi connectivity index (χ1v) is 7.23. The van der Waals surface area contributed by atoms with Gasteiger partial charge in [0.2, 0.25) is 0 Å². The third-order valence-electron chi connectivity index (χ3n) is 3.49. The average molecular weight is 281 g/mol. The van der Waals surface area contributed by atoms with E-state index >= 15 is 0 Å². The second-order valence-electron chi connectivity index (χ2n) is 5.18. The van der Waals surface area contributed by atoms with E-state index in [1.54, 1.807) is 0 Å². The van der Waals surface area contributed by atoms with Crippen LogP contribution in [0, 0.1) is 5.92 Å². The van der Waals surface area contributed by atoms with Crippen molar-refractivity contribution in [1.29, 1.82) is 0 Å². The Morgan fingerprint density at radius 1 is 1.20 bits per heavy atom. The molecule has 0 aromatic rings. The molecule has 5 nitrogen and oxygen atoms in total. The molecule has 112 valence electrons. The summed E-state index contributed by atoms with van der Waals surface area (Å²) in [6.07, 6.45) is 7.70. The van der Waals surface area contributed by atoms with Crippen LogP contribution >= 0.6 is 0 Å². The van der Waals surface area contributed by atoms with Gasteiger partial charge in [-0.15, -0.1) is 0 Å². The quantitative estimate of drug-likeness (QED) is 0.369. The zero-order valence-electron chi connectivity index (χ0n) is 12.3. The van der Waals surface area contributed by atoms with Crippen molar-refractivity contribution >= 4 is 17.8 Å². The standard InChI is InChI=1S/C15H23NO4/c1-3-12(2)7-5-4-6-10-20-15(19)11-16-13(17)8-9-14(16)18/h8-9,12H,3-7,10-11H2,1-2H3. The van der Waals surface area contributed by atoms with E-state index in [0.29, 0.717) is 6.61 Å². The van der Waals surface area contributed by atoms with Gasteiger partial charge in [-0.05, 0) is 12.3 Å². The van der Waals surface area contributed by atoms with Gasteiger partial charge >= 0.3 is 5.97 Å². The maximum atomic E-state index is 11.5. The Labute approximate surface area is 120 Å². The Bertz CT molecular complexity index is 371. The average Bonchev–Trinajstić information content (AvgIpc) is 2.74. The summed E-state index contributed by atoms with van der Waals surface area (Å²) in [5.74, 6) is -0.699. The molecule has 1 aliphatic heterocycles. The Kier molecular flexibility index (Phi) is 6.98. The van der Waals surface area contributed by atoms with Gasteiger partial charge in [-0.1, -0.05) is 39.5 Å². The van der Waals surface area contributed by atoms with Crippen molar-refractivity contribution in [3.8, 4) is 0 Å². The van der Waals surface area contributed by atoms with Gasteiger partial charge < -0.3 is 4.74 Å². The van der Waals surface area contributed by atoms with Gasteiger partial charge in [0.15, 0.2) is 0 Å². The van der Waals surface area contributed by atoms with Crippen molar-refractivity contribution in [3.05, 3.63) is 12.2 Å². The number of esters is 1. The van der Waals surface area contributed by atoms with E-state index in [1.165, 1.54) is 12.8 Å². The smallest absolute Gasteiger partial charge is 0.326 e. The summed E-state index contributed by atoms with van der Waals surface area (Å²) < 4.78 is 5.02. The highest BCUT2D eigenvalue weighted by molar-refractivity contribution is 6.14. The van der Waals surface area contributed by atoms with E-state index in [9.17, 15) is 14.4 Å². The van der Waals surface area contributed by atoms with Crippen LogP contribution in [-0.2, 0) is 19.1 Å². The highest BCUT2D eigenvalue weighted by Gasteiger charge is 2.25. The first-order valence-electron chi connectivity index (χ1n) is 7.23. The number of carbonyl (C=O) groups is 3. The number of unbranched alkanes of at least 4 members (excludes halogenated alkanes) is 2. The molecule has 0 saturated heterocycles. The van der Waals surface area contributed by atoms with E-state index in [4.69, 9.17) is 4.74 Å². The number of nitrogens with zero attached hydrogens (tertiary/aromatic N) is 1. The van der Waals surface area contributed by atoms with Crippen molar-refractivity contribution in [2.45, 2.75) is 46.0 Å². The zero-order chi connectivity index (χ0) is 15.0. The van der Waals surface area contributed by atoms with E-state index in [1.807, 2.05) is 0 Å². The second kappa shape index (κ2) is 8.51. The first kappa shape index (κ1) is 16.4. The molecule has 1 heterocycles. The van der Waals surface area contributed by atoms with Crippen molar-refractivity contribution in [1.82, 2.24) is 4.90 Å². The minimum Gasteiger partial charge on any atom is -0.464 e. The van der Waals surface area contributed by atoms with E-state index in [-0.39, 0.29) is 6.54 Å². The summed E-state index contributed by atoms with van der Waals surface area (Å²) in [6, 6.07) is 0. The lowest BCUT2D eigenvalue weighted by Crippen LogP contribution is -2.35. The lowest BCUT2D eigenvalue weighted by Gasteiger charge is -2.13. The number of hydrogen-bond donors (Lipinski definition) is 0. The molecule has 5 heteroatoms. The van der Waals surface area contributed by atoms with Crippen LogP contribution < -0.4 is 0 Å². The molecule has 0 aromatic carbocycles. The molecule has 1 unspecified atom stereocenters. The molecular weight excluding hydrogens is 258 g/mol. The van der Waals surface area contributed by atoms with Gasteiger partial charge in [-0.3, -0.25) is 19.3 Å². The van der Waals surface area contributed by atoms with Gasteiger partial charge in [0, 0.05) is 12.2 Å². The van der Waals surface area contributed by atoms with Crippen molar-refractivity contribution in [2.75, 3.05) is 13.2 Å². The van der Waals surface area contributed by atoms with Crippen LogP contribution in [0.2, 0.25) is 0 Å². The minimum absolute atomic E-state index is 0.294. The Balaban J connectivity index is 2.06. The minimum atomic E-state index is -0.530. The molecule has 0 saturated carbocycles. The number of rotatable bonds is 9.